The monoisotopic (exact) mass is 237 g/mol. The van der Waals surface area contributed by atoms with Gasteiger partial charge in [0.25, 0.3) is 5.69 Å². The number of benzene rings is 1. The Morgan fingerprint density at radius 2 is 1.82 bits per heavy atom. The fraction of sp³-hybridized carbons (Fsp3) is 0.385. The highest BCUT2D eigenvalue weighted by atomic mass is 16.6. The molecule has 0 unspecified atom stereocenters. The van der Waals surface area contributed by atoms with E-state index in [1.807, 2.05) is 13.8 Å². The SMILES string of the molecule is C=C(OC)c1cc(C)c([N+](=O)[O-])cc1C.CC. The van der Waals surface area contributed by atoms with Gasteiger partial charge in [0.2, 0.25) is 0 Å². The van der Waals surface area contributed by atoms with E-state index < -0.39 is 0 Å². The quantitative estimate of drug-likeness (QED) is 0.455. The molecule has 0 bridgehead atoms. The summed E-state index contributed by atoms with van der Waals surface area (Å²) in [6.45, 7) is 11.2. The molecule has 1 aromatic rings. The number of aryl methyl sites for hydroxylation is 2. The Morgan fingerprint density at radius 1 is 1.29 bits per heavy atom. The van der Waals surface area contributed by atoms with Crippen LogP contribution in [0.25, 0.3) is 5.76 Å². The summed E-state index contributed by atoms with van der Waals surface area (Å²) in [6.07, 6.45) is 0. The zero-order chi connectivity index (χ0) is 13.6. The zero-order valence-electron chi connectivity index (χ0n) is 11.0. The smallest absolute Gasteiger partial charge is 0.272 e. The second kappa shape index (κ2) is 6.68. The number of hydrogen-bond acceptors (Lipinski definition) is 3. The molecular weight excluding hydrogens is 218 g/mol. The van der Waals surface area contributed by atoms with Gasteiger partial charge < -0.3 is 4.74 Å². The zero-order valence-corrected chi connectivity index (χ0v) is 11.0. The first kappa shape index (κ1) is 15.2. The van der Waals surface area contributed by atoms with Crippen molar-refractivity contribution in [3.05, 3.63) is 45.5 Å². The molecule has 17 heavy (non-hydrogen) atoms. The molecule has 0 aliphatic rings. The standard InChI is InChI=1S/C11H13NO3.C2H6/c1-7-6-11(12(13)14)8(2)5-10(7)9(3)15-4;1-2/h5-6H,3H2,1-2,4H3;1-2H3. The number of methoxy groups -OCH3 is 1. The normalized spacial score (nSPS) is 9.00. The van der Waals surface area contributed by atoms with Gasteiger partial charge in [0.1, 0.15) is 5.76 Å². The topological polar surface area (TPSA) is 52.4 Å². The van der Waals surface area contributed by atoms with Crippen molar-refractivity contribution in [1.29, 1.82) is 0 Å². The minimum Gasteiger partial charge on any atom is -0.497 e. The highest BCUT2D eigenvalue weighted by Gasteiger charge is 2.14. The van der Waals surface area contributed by atoms with Crippen LogP contribution in [0, 0.1) is 24.0 Å². The van der Waals surface area contributed by atoms with Crippen LogP contribution in [0.2, 0.25) is 0 Å². The predicted molar refractivity (Wildman–Crippen MR) is 70.0 cm³/mol. The Balaban J connectivity index is 0.00000121. The van der Waals surface area contributed by atoms with Crippen molar-refractivity contribution in [3.63, 3.8) is 0 Å². The van der Waals surface area contributed by atoms with E-state index in [9.17, 15) is 10.1 Å². The molecule has 0 N–H and O–H groups in total. The molecule has 0 saturated heterocycles. The third-order valence-corrected chi connectivity index (χ3v) is 2.29. The average molecular weight is 237 g/mol. The fourth-order valence-corrected chi connectivity index (χ4v) is 1.41. The third-order valence-electron chi connectivity index (χ3n) is 2.29. The Labute approximate surface area is 102 Å². The number of rotatable bonds is 3. The van der Waals surface area contributed by atoms with Gasteiger partial charge in [-0.2, -0.15) is 0 Å². The maximum Gasteiger partial charge on any atom is 0.272 e. The second-order valence-electron chi connectivity index (χ2n) is 3.34. The summed E-state index contributed by atoms with van der Waals surface area (Å²) in [5.41, 5.74) is 2.33. The number of nitrogens with zero attached hydrogens (tertiary/aromatic N) is 1. The summed E-state index contributed by atoms with van der Waals surface area (Å²) >= 11 is 0. The lowest BCUT2D eigenvalue weighted by atomic mass is 10.0. The maximum absolute atomic E-state index is 10.7. The lowest BCUT2D eigenvalue weighted by molar-refractivity contribution is -0.385. The van der Waals surface area contributed by atoms with Crippen LogP contribution in [0.1, 0.15) is 30.5 Å². The van der Waals surface area contributed by atoms with Crippen LogP contribution < -0.4 is 0 Å². The molecule has 0 aromatic heterocycles. The van der Waals surface area contributed by atoms with Crippen LogP contribution in [0.3, 0.4) is 0 Å². The van der Waals surface area contributed by atoms with E-state index in [1.165, 1.54) is 13.2 Å². The minimum absolute atomic E-state index is 0.125. The van der Waals surface area contributed by atoms with E-state index in [2.05, 4.69) is 6.58 Å². The van der Waals surface area contributed by atoms with Crippen LogP contribution in [0.4, 0.5) is 5.69 Å². The number of nitro benzene ring substituents is 1. The average Bonchev–Trinajstić information content (AvgIpc) is 2.32. The molecule has 0 fully saturated rings. The van der Waals surface area contributed by atoms with E-state index in [0.29, 0.717) is 11.3 Å². The molecule has 1 rings (SSSR count). The van der Waals surface area contributed by atoms with Crippen LogP contribution in [0.15, 0.2) is 18.7 Å². The van der Waals surface area contributed by atoms with Gasteiger partial charge in [-0.05, 0) is 25.5 Å². The fourth-order valence-electron chi connectivity index (χ4n) is 1.41. The molecule has 0 radical (unpaired) electrons. The molecule has 0 aliphatic heterocycles. The van der Waals surface area contributed by atoms with Crippen molar-refractivity contribution < 1.29 is 9.66 Å². The van der Waals surface area contributed by atoms with Crippen molar-refractivity contribution >= 4 is 11.4 Å². The highest BCUT2D eigenvalue weighted by Crippen LogP contribution is 2.26. The Hall–Kier alpha value is -1.84. The molecule has 94 valence electrons. The maximum atomic E-state index is 10.7. The number of hydrogen-bond donors (Lipinski definition) is 0. The summed E-state index contributed by atoms with van der Waals surface area (Å²) < 4.78 is 5.01. The first-order valence-corrected chi connectivity index (χ1v) is 5.46. The van der Waals surface area contributed by atoms with Gasteiger partial charge in [0, 0.05) is 17.2 Å². The Kier molecular flexibility index (Phi) is 5.96. The third kappa shape index (κ3) is 3.59. The highest BCUT2D eigenvalue weighted by molar-refractivity contribution is 5.64. The molecule has 4 nitrogen and oxygen atoms in total. The van der Waals surface area contributed by atoms with Gasteiger partial charge >= 0.3 is 0 Å². The summed E-state index contributed by atoms with van der Waals surface area (Å²) in [4.78, 5) is 10.3. The van der Waals surface area contributed by atoms with Crippen molar-refractivity contribution in [1.82, 2.24) is 0 Å². The first-order valence-electron chi connectivity index (χ1n) is 5.46. The molecular formula is C13H19NO3. The van der Waals surface area contributed by atoms with Gasteiger partial charge in [-0.1, -0.05) is 20.4 Å². The Bertz CT molecular complexity index is 425. The van der Waals surface area contributed by atoms with Crippen LogP contribution in [-0.4, -0.2) is 12.0 Å². The van der Waals surface area contributed by atoms with Gasteiger partial charge in [-0.15, -0.1) is 0 Å². The van der Waals surface area contributed by atoms with Crippen LogP contribution in [-0.2, 0) is 4.74 Å². The minimum atomic E-state index is -0.387. The molecule has 0 spiro atoms. The van der Waals surface area contributed by atoms with Gasteiger partial charge in [0.15, 0.2) is 0 Å². The van der Waals surface area contributed by atoms with E-state index in [0.717, 1.165) is 11.1 Å². The molecule has 0 aliphatic carbocycles. The molecule has 0 heterocycles. The van der Waals surface area contributed by atoms with Crippen LogP contribution >= 0.6 is 0 Å². The van der Waals surface area contributed by atoms with Crippen molar-refractivity contribution in [2.75, 3.05) is 7.11 Å². The van der Waals surface area contributed by atoms with Gasteiger partial charge in [-0.3, -0.25) is 10.1 Å². The lowest BCUT2D eigenvalue weighted by Gasteiger charge is -2.09. The van der Waals surface area contributed by atoms with E-state index in [1.54, 1.807) is 19.9 Å². The second-order valence-corrected chi connectivity index (χ2v) is 3.34. The van der Waals surface area contributed by atoms with Crippen molar-refractivity contribution in [2.24, 2.45) is 0 Å². The number of nitro groups is 1. The summed E-state index contributed by atoms with van der Waals surface area (Å²) in [5, 5.41) is 10.7. The van der Waals surface area contributed by atoms with Crippen LogP contribution in [0.5, 0.6) is 0 Å². The van der Waals surface area contributed by atoms with Gasteiger partial charge in [0.05, 0.1) is 12.0 Å². The molecule has 0 amide bonds. The number of ether oxygens (including phenoxy) is 1. The summed E-state index contributed by atoms with van der Waals surface area (Å²) in [6, 6.07) is 3.26. The van der Waals surface area contributed by atoms with Crippen molar-refractivity contribution in [2.45, 2.75) is 27.7 Å². The van der Waals surface area contributed by atoms with E-state index in [-0.39, 0.29) is 10.6 Å². The Morgan fingerprint density at radius 3 is 2.24 bits per heavy atom. The largest absolute Gasteiger partial charge is 0.497 e. The molecule has 0 saturated carbocycles. The van der Waals surface area contributed by atoms with Gasteiger partial charge in [-0.25, -0.2) is 0 Å². The van der Waals surface area contributed by atoms with Crippen molar-refractivity contribution in [3.8, 4) is 0 Å². The first-order chi connectivity index (χ1) is 7.97. The van der Waals surface area contributed by atoms with E-state index in [4.69, 9.17) is 4.74 Å². The molecule has 4 heteroatoms. The predicted octanol–water partition coefficient (Wildman–Crippen LogP) is 3.85. The lowest BCUT2D eigenvalue weighted by Crippen LogP contribution is -1.97. The summed E-state index contributed by atoms with van der Waals surface area (Å²) in [5.74, 6) is 0.519. The van der Waals surface area contributed by atoms with E-state index >= 15 is 0 Å². The molecule has 0 atom stereocenters. The molecule has 1 aromatic carbocycles. The summed E-state index contributed by atoms with van der Waals surface area (Å²) in [7, 11) is 1.53.